The number of para-hydroxylation sites is 1. The van der Waals surface area contributed by atoms with Gasteiger partial charge >= 0.3 is 6.09 Å². The highest BCUT2D eigenvalue weighted by Crippen LogP contribution is 2.46. The van der Waals surface area contributed by atoms with E-state index >= 15 is 0 Å². The quantitative estimate of drug-likeness (QED) is 0.876. The normalized spacial score (nSPS) is 13.7. The minimum Gasteiger partial charge on any atom is -0.486 e. The largest absolute Gasteiger partial charge is 0.486 e. The molecule has 0 fully saturated rings. The molecule has 4 rings (SSSR count). The standard InChI is InChI=1S/C16H13NO5/c1-19-16(18)17-12-4-2-3-10-11-6-14-13(21-8-22-14)5-9(11)7-20-15(10)12/h2-6H,7-8H2,1H3,(H,17,18). The Morgan fingerprint density at radius 1 is 1.14 bits per heavy atom. The van der Waals surface area contributed by atoms with Crippen molar-refractivity contribution < 1.29 is 23.7 Å². The molecule has 0 bridgehead atoms. The second-order valence-electron chi connectivity index (χ2n) is 4.95. The van der Waals surface area contributed by atoms with E-state index in [1.807, 2.05) is 24.3 Å². The molecule has 2 aromatic rings. The van der Waals surface area contributed by atoms with E-state index in [4.69, 9.17) is 14.2 Å². The molecular formula is C16H13NO5. The second-order valence-corrected chi connectivity index (χ2v) is 4.95. The van der Waals surface area contributed by atoms with Gasteiger partial charge in [-0.15, -0.1) is 0 Å². The predicted octanol–water partition coefficient (Wildman–Crippen LogP) is 3.15. The molecule has 2 heterocycles. The number of anilines is 1. The molecule has 112 valence electrons. The Kier molecular flexibility index (Phi) is 2.82. The monoisotopic (exact) mass is 299 g/mol. The SMILES string of the molecule is COC(=O)Nc1cccc2c1OCc1cc3c(cc1-2)OCO3. The Morgan fingerprint density at radius 3 is 2.77 bits per heavy atom. The Balaban J connectivity index is 1.82. The third-order valence-electron chi connectivity index (χ3n) is 3.70. The van der Waals surface area contributed by atoms with Crippen LogP contribution in [0, 0.1) is 0 Å². The molecule has 0 atom stereocenters. The van der Waals surface area contributed by atoms with E-state index in [0.29, 0.717) is 18.0 Å². The highest BCUT2D eigenvalue weighted by Gasteiger charge is 2.25. The van der Waals surface area contributed by atoms with Gasteiger partial charge in [0.1, 0.15) is 6.61 Å². The number of rotatable bonds is 1. The van der Waals surface area contributed by atoms with Crippen LogP contribution in [0.5, 0.6) is 17.2 Å². The smallest absolute Gasteiger partial charge is 0.411 e. The lowest BCUT2D eigenvalue weighted by atomic mass is 9.95. The summed E-state index contributed by atoms with van der Waals surface area (Å²) in [4.78, 5) is 11.4. The van der Waals surface area contributed by atoms with Crippen LogP contribution >= 0.6 is 0 Å². The van der Waals surface area contributed by atoms with Crippen molar-refractivity contribution in [3.63, 3.8) is 0 Å². The fourth-order valence-electron chi connectivity index (χ4n) is 2.67. The maximum absolute atomic E-state index is 11.4. The van der Waals surface area contributed by atoms with Gasteiger partial charge in [-0.25, -0.2) is 4.79 Å². The number of fused-ring (bicyclic) bond motifs is 4. The lowest BCUT2D eigenvalue weighted by molar-refractivity contribution is 0.174. The van der Waals surface area contributed by atoms with Gasteiger partial charge in [0.05, 0.1) is 12.8 Å². The molecule has 1 amide bonds. The molecule has 2 aliphatic heterocycles. The van der Waals surface area contributed by atoms with Crippen molar-refractivity contribution in [2.75, 3.05) is 19.2 Å². The van der Waals surface area contributed by atoms with E-state index < -0.39 is 6.09 Å². The van der Waals surface area contributed by atoms with Crippen LogP contribution in [0.1, 0.15) is 5.56 Å². The van der Waals surface area contributed by atoms with E-state index in [2.05, 4.69) is 10.1 Å². The average Bonchev–Trinajstić information content (AvgIpc) is 3.00. The molecule has 6 heteroatoms. The summed E-state index contributed by atoms with van der Waals surface area (Å²) < 4.78 is 21.3. The van der Waals surface area contributed by atoms with Crippen LogP contribution in [0.4, 0.5) is 10.5 Å². The van der Waals surface area contributed by atoms with Gasteiger partial charge in [-0.1, -0.05) is 12.1 Å². The molecule has 0 spiro atoms. The topological polar surface area (TPSA) is 66.0 Å². The Morgan fingerprint density at radius 2 is 1.95 bits per heavy atom. The van der Waals surface area contributed by atoms with Gasteiger partial charge in [0.15, 0.2) is 17.2 Å². The van der Waals surface area contributed by atoms with Crippen molar-refractivity contribution in [2.24, 2.45) is 0 Å². The van der Waals surface area contributed by atoms with Crippen LogP contribution in [0.15, 0.2) is 30.3 Å². The zero-order valence-corrected chi connectivity index (χ0v) is 11.8. The number of nitrogens with one attached hydrogen (secondary N) is 1. The molecule has 2 aromatic carbocycles. The number of amides is 1. The summed E-state index contributed by atoms with van der Waals surface area (Å²) in [6.45, 7) is 0.634. The summed E-state index contributed by atoms with van der Waals surface area (Å²) in [7, 11) is 1.32. The Hall–Kier alpha value is -2.89. The number of hydrogen-bond donors (Lipinski definition) is 1. The van der Waals surface area contributed by atoms with E-state index in [1.165, 1.54) is 7.11 Å². The first kappa shape index (κ1) is 12.8. The molecule has 1 N–H and O–H groups in total. The highest BCUT2D eigenvalue weighted by atomic mass is 16.7. The molecule has 6 nitrogen and oxygen atoms in total. The second kappa shape index (κ2) is 4.84. The van der Waals surface area contributed by atoms with E-state index in [-0.39, 0.29) is 6.79 Å². The third kappa shape index (κ3) is 1.92. The van der Waals surface area contributed by atoms with Crippen LogP contribution in [0.25, 0.3) is 11.1 Å². The number of carbonyl (C=O) groups excluding carboxylic acids is 1. The molecule has 0 radical (unpaired) electrons. The van der Waals surface area contributed by atoms with Gasteiger partial charge in [0, 0.05) is 11.1 Å². The van der Waals surface area contributed by atoms with Gasteiger partial charge in [-0.05, 0) is 23.8 Å². The van der Waals surface area contributed by atoms with E-state index in [0.717, 1.165) is 28.2 Å². The maximum Gasteiger partial charge on any atom is 0.411 e. The first-order valence-electron chi connectivity index (χ1n) is 6.80. The number of hydrogen-bond acceptors (Lipinski definition) is 5. The number of benzene rings is 2. The predicted molar refractivity (Wildman–Crippen MR) is 78.4 cm³/mol. The molecule has 22 heavy (non-hydrogen) atoms. The van der Waals surface area contributed by atoms with Crippen LogP contribution < -0.4 is 19.5 Å². The zero-order valence-electron chi connectivity index (χ0n) is 11.8. The fourth-order valence-corrected chi connectivity index (χ4v) is 2.67. The summed E-state index contributed by atoms with van der Waals surface area (Å²) in [6.07, 6.45) is -0.534. The molecule has 2 aliphatic rings. The Labute approximate surface area is 126 Å². The molecule has 0 unspecified atom stereocenters. The summed E-state index contributed by atoms with van der Waals surface area (Å²) in [5, 5.41) is 2.66. The van der Waals surface area contributed by atoms with Gasteiger partial charge in [0.2, 0.25) is 6.79 Å². The molecule has 0 aromatic heterocycles. The minimum atomic E-state index is -0.534. The van der Waals surface area contributed by atoms with Gasteiger partial charge in [0.25, 0.3) is 0 Å². The first-order chi connectivity index (χ1) is 10.8. The lowest BCUT2D eigenvalue weighted by Crippen LogP contribution is -2.14. The Bertz CT molecular complexity index is 771. The van der Waals surface area contributed by atoms with Gasteiger partial charge in [-0.2, -0.15) is 0 Å². The number of carbonyl (C=O) groups is 1. The van der Waals surface area contributed by atoms with Crippen LogP contribution in [-0.2, 0) is 11.3 Å². The molecule has 0 saturated carbocycles. The van der Waals surface area contributed by atoms with E-state index in [9.17, 15) is 4.79 Å². The van der Waals surface area contributed by atoms with Crippen molar-refractivity contribution >= 4 is 11.8 Å². The van der Waals surface area contributed by atoms with Crippen LogP contribution in [0.2, 0.25) is 0 Å². The maximum atomic E-state index is 11.4. The molecule has 0 saturated heterocycles. The minimum absolute atomic E-state index is 0.232. The first-order valence-corrected chi connectivity index (χ1v) is 6.80. The third-order valence-corrected chi connectivity index (χ3v) is 3.70. The summed E-state index contributed by atoms with van der Waals surface area (Å²) in [6, 6.07) is 9.45. The van der Waals surface area contributed by atoms with E-state index in [1.54, 1.807) is 6.07 Å². The summed E-state index contributed by atoms with van der Waals surface area (Å²) in [5.41, 5.74) is 3.51. The molecular weight excluding hydrogens is 286 g/mol. The van der Waals surface area contributed by atoms with Crippen molar-refractivity contribution in [1.82, 2.24) is 0 Å². The van der Waals surface area contributed by atoms with Crippen molar-refractivity contribution in [3.05, 3.63) is 35.9 Å². The summed E-state index contributed by atoms with van der Waals surface area (Å²) >= 11 is 0. The average molecular weight is 299 g/mol. The van der Waals surface area contributed by atoms with Gasteiger partial charge in [-0.3, -0.25) is 5.32 Å². The number of methoxy groups -OCH3 is 1. The summed E-state index contributed by atoms with van der Waals surface area (Å²) in [5.74, 6) is 2.08. The van der Waals surface area contributed by atoms with Crippen molar-refractivity contribution in [3.8, 4) is 28.4 Å². The lowest BCUT2D eigenvalue weighted by Gasteiger charge is -2.23. The fraction of sp³-hybridized carbons (Fsp3) is 0.188. The zero-order chi connectivity index (χ0) is 15.1. The highest BCUT2D eigenvalue weighted by molar-refractivity contribution is 5.91. The van der Waals surface area contributed by atoms with Crippen LogP contribution in [-0.4, -0.2) is 20.0 Å². The van der Waals surface area contributed by atoms with Crippen LogP contribution in [0.3, 0.4) is 0 Å². The van der Waals surface area contributed by atoms with Crippen molar-refractivity contribution in [2.45, 2.75) is 6.61 Å². The van der Waals surface area contributed by atoms with Gasteiger partial charge < -0.3 is 18.9 Å². The number of ether oxygens (including phenoxy) is 4. The van der Waals surface area contributed by atoms with Crippen molar-refractivity contribution in [1.29, 1.82) is 0 Å². The molecule has 0 aliphatic carbocycles.